The fourth-order valence-corrected chi connectivity index (χ4v) is 3.30. The fourth-order valence-electron chi connectivity index (χ4n) is 3.30. The van der Waals surface area contributed by atoms with E-state index in [9.17, 15) is 4.79 Å². The highest BCUT2D eigenvalue weighted by Crippen LogP contribution is 2.40. The maximum absolute atomic E-state index is 10.8. The van der Waals surface area contributed by atoms with Gasteiger partial charge in [-0.3, -0.25) is 4.79 Å². The van der Waals surface area contributed by atoms with E-state index in [1.807, 2.05) is 18.2 Å². The molecule has 1 aromatic carbocycles. The minimum absolute atomic E-state index is 0.0746. The molecule has 0 N–H and O–H groups in total. The lowest BCUT2D eigenvalue weighted by Gasteiger charge is -2.38. The van der Waals surface area contributed by atoms with Crippen LogP contribution < -0.4 is 4.74 Å². The van der Waals surface area contributed by atoms with E-state index in [1.165, 1.54) is 25.7 Å². The van der Waals surface area contributed by atoms with E-state index in [0.29, 0.717) is 5.56 Å². The largest absolute Gasteiger partial charge is 0.490 e. The molecule has 1 aliphatic carbocycles. The van der Waals surface area contributed by atoms with E-state index in [-0.39, 0.29) is 11.7 Å². The van der Waals surface area contributed by atoms with Gasteiger partial charge in [0.1, 0.15) is 18.1 Å². The highest BCUT2D eigenvalue weighted by atomic mass is 16.5. The molecule has 1 aliphatic heterocycles. The molecule has 0 aromatic heterocycles. The van der Waals surface area contributed by atoms with Crippen LogP contribution in [0.3, 0.4) is 0 Å². The Labute approximate surface area is 113 Å². The molecular weight excluding hydrogens is 240 g/mol. The second kappa shape index (κ2) is 5.33. The first-order chi connectivity index (χ1) is 9.30. The van der Waals surface area contributed by atoms with Gasteiger partial charge in [-0.25, -0.2) is 0 Å². The van der Waals surface area contributed by atoms with Crippen LogP contribution in [0.5, 0.6) is 5.75 Å². The van der Waals surface area contributed by atoms with E-state index >= 15 is 0 Å². The van der Waals surface area contributed by atoms with Crippen molar-refractivity contribution < 1.29 is 14.3 Å². The van der Waals surface area contributed by atoms with Crippen LogP contribution >= 0.6 is 0 Å². The molecule has 0 radical (unpaired) electrons. The SMILES string of the molecule is O=Cc1cccc(OC2CCOC3(CCCC3)C2)c1. The van der Waals surface area contributed by atoms with Gasteiger partial charge >= 0.3 is 0 Å². The van der Waals surface area contributed by atoms with E-state index in [0.717, 1.165) is 31.5 Å². The number of aldehydes is 1. The Bertz CT molecular complexity index is 449. The normalized spacial score (nSPS) is 25.4. The van der Waals surface area contributed by atoms with Crippen molar-refractivity contribution in [3.63, 3.8) is 0 Å². The topological polar surface area (TPSA) is 35.5 Å². The molecule has 1 saturated carbocycles. The summed E-state index contributed by atoms with van der Waals surface area (Å²) < 4.78 is 12.0. The van der Waals surface area contributed by atoms with Gasteiger partial charge in [-0.1, -0.05) is 25.0 Å². The van der Waals surface area contributed by atoms with Crippen molar-refractivity contribution in [1.82, 2.24) is 0 Å². The van der Waals surface area contributed by atoms with Crippen molar-refractivity contribution in [3.8, 4) is 5.75 Å². The lowest BCUT2D eigenvalue weighted by atomic mass is 9.90. The third-order valence-electron chi connectivity index (χ3n) is 4.26. The average molecular weight is 260 g/mol. The van der Waals surface area contributed by atoms with Crippen LogP contribution in [0.1, 0.15) is 48.9 Å². The highest BCUT2D eigenvalue weighted by molar-refractivity contribution is 5.75. The minimum atomic E-state index is 0.0746. The molecule has 19 heavy (non-hydrogen) atoms. The third-order valence-corrected chi connectivity index (χ3v) is 4.26. The molecule has 1 atom stereocenters. The molecule has 1 aromatic rings. The summed E-state index contributed by atoms with van der Waals surface area (Å²) in [5.41, 5.74) is 0.741. The smallest absolute Gasteiger partial charge is 0.150 e. The minimum Gasteiger partial charge on any atom is -0.490 e. The second-order valence-corrected chi connectivity index (χ2v) is 5.66. The summed E-state index contributed by atoms with van der Waals surface area (Å²) in [4.78, 5) is 10.8. The first-order valence-electron chi connectivity index (χ1n) is 7.16. The summed E-state index contributed by atoms with van der Waals surface area (Å²) in [7, 11) is 0. The molecule has 3 heteroatoms. The lowest BCUT2D eigenvalue weighted by Crippen LogP contribution is -2.41. The van der Waals surface area contributed by atoms with Crippen LogP contribution in [0.2, 0.25) is 0 Å². The summed E-state index contributed by atoms with van der Waals surface area (Å²) >= 11 is 0. The van der Waals surface area contributed by atoms with Gasteiger partial charge in [0, 0.05) is 18.4 Å². The van der Waals surface area contributed by atoms with E-state index < -0.39 is 0 Å². The van der Waals surface area contributed by atoms with Crippen molar-refractivity contribution >= 4 is 6.29 Å². The molecule has 2 aliphatic rings. The molecule has 3 nitrogen and oxygen atoms in total. The standard InChI is InChI=1S/C16H20O3/c17-12-13-4-3-5-14(10-13)19-15-6-9-18-16(11-15)7-1-2-8-16/h3-5,10,12,15H,1-2,6-9,11H2. The zero-order chi connectivity index (χ0) is 13.1. The monoisotopic (exact) mass is 260 g/mol. The fraction of sp³-hybridized carbons (Fsp3) is 0.562. The van der Waals surface area contributed by atoms with E-state index in [4.69, 9.17) is 9.47 Å². The van der Waals surface area contributed by atoms with E-state index in [1.54, 1.807) is 6.07 Å². The number of carbonyl (C=O) groups is 1. The Morgan fingerprint density at radius 2 is 2.16 bits per heavy atom. The van der Waals surface area contributed by atoms with Crippen LogP contribution in [-0.4, -0.2) is 24.6 Å². The summed E-state index contributed by atoms with van der Waals surface area (Å²) in [6, 6.07) is 7.39. The molecular formula is C16H20O3. The molecule has 3 rings (SSSR count). The quantitative estimate of drug-likeness (QED) is 0.782. The van der Waals surface area contributed by atoms with E-state index in [2.05, 4.69) is 0 Å². The van der Waals surface area contributed by atoms with Gasteiger partial charge < -0.3 is 9.47 Å². The molecule has 2 fully saturated rings. The molecule has 0 amide bonds. The highest BCUT2D eigenvalue weighted by Gasteiger charge is 2.40. The van der Waals surface area contributed by atoms with Gasteiger partial charge in [-0.15, -0.1) is 0 Å². The Morgan fingerprint density at radius 3 is 2.95 bits per heavy atom. The van der Waals surface area contributed by atoms with Gasteiger partial charge in [0.05, 0.1) is 12.2 Å². The molecule has 0 bridgehead atoms. The van der Waals surface area contributed by atoms with Crippen molar-refractivity contribution in [2.75, 3.05) is 6.61 Å². The summed E-state index contributed by atoms with van der Waals surface area (Å²) in [5, 5.41) is 0. The van der Waals surface area contributed by atoms with Gasteiger partial charge in [0.25, 0.3) is 0 Å². The third kappa shape index (κ3) is 2.81. The number of hydrogen-bond acceptors (Lipinski definition) is 3. The van der Waals surface area contributed by atoms with Crippen molar-refractivity contribution in [1.29, 1.82) is 0 Å². The number of carbonyl (C=O) groups excluding carboxylic acids is 1. The molecule has 1 unspecified atom stereocenters. The van der Waals surface area contributed by atoms with Crippen molar-refractivity contribution in [2.24, 2.45) is 0 Å². The number of rotatable bonds is 3. The Hall–Kier alpha value is -1.35. The summed E-state index contributed by atoms with van der Waals surface area (Å²) in [6.07, 6.45) is 7.87. The zero-order valence-corrected chi connectivity index (χ0v) is 11.1. The Kier molecular flexibility index (Phi) is 3.56. The molecule has 1 spiro atoms. The maximum atomic E-state index is 10.8. The van der Waals surface area contributed by atoms with Crippen LogP contribution in [-0.2, 0) is 4.74 Å². The number of ether oxygens (including phenoxy) is 2. The van der Waals surface area contributed by atoms with Gasteiger partial charge in [0.2, 0.25) is 0 Å². The van der Waals surface area contributed by atoms with Crippen LogP contribution in [0, 0.1) is 0 Å². The maximum Gasteiger partial charge on any atom is 0.150 e. The van der Waals surface area contributed by atoms with Crippen LogP contribution in [0.25, 0.3) is 0 Å². The average Bonchev–Trinajstić information content (AvgIpc) is 2.87. The van der Waals surface area contributed by atoms with Crippen molar-refractivity contribution in [3.05, 3.63) is 29.8 Å². The summed E-state index contributed by atoms with van der Waals surface area (Å²) in [6.45, 7) is 0.790. The Balaban J connectivity index is 1.67. The van der Waals surface area contributed by atoms with Gasteiger partial charge in [-0.05, 0) is 25.0 Å². The molecule has 1 saturated heterocycles. The second-order valence-electron chi connectivity index (χ2n) is 5.66. The zero-order valence-electron chi connectivity index (χ0n) is 11.1. The Morgan fingerprint density at radius 1 is 1.32 bits per heavy atom. The van der Waals surface area contributed by atoms with Crippen LogP contribution in [0.4, 0.5) is 0 Å². The first-order valence-corrected chi connectivity index (χ1v) is 7.16. The molecule has 102 valence electrons. The van der Waals surface area contributed by atoms with Gasteiger partial charge in [0.15, 0.2) is 0 Å². The van der Waals surface area contributed by atoms with Crippen LogP contribution in [0.15, 0.2) is 24.3 Å². The first kappa shape index (κ1) is 12.7. The molecule has 1 heterocycles. The number of hydrogen-bond donors (Lipinski definition) is 0. The number of benzene rings is 1. The van der Waals surface area contributed by atoms with Crippen molar-refractivity contribution in [2.45, 2.75) is 50.2 Å². The predicted octanol–water partition coefficient (Wildman–Crippen LogP) is 3.37. The lowest BCUT2D eigenvalue weighted by molar-refractivity contribution is -0.108. The summed E-state index contributed by atoms with van der Waals surface area (Å²) in [5.74, 6) is 0.796. The van der Waals surface area contributed by atoms with Gasteiger partial charge in [-0.2, -0.15) is 0 Å². The predicted molar refractivity (Wildman–Crippen MR) is 72.6 cm³/mol.